The molecule has 1 aromatic carbocycles. The van der Waals surface area contributed by atoms with Crippen LogP contribution in [0.25, 0.3) is 22.4 Å². The van der Waals surface area contributed by atoms with Crippen molar-refractivity contribution in [3.63, 3.8) is 0 Å². The van der Waals surface area contributed by atoms with Gasteiger partial charge in [0.1, 0.15) is 11.6 Å². The first-order chi connectivity index (χ1) is 9.24. The van der Waals surface area contributed by atoms with Crippen LogP contribution in [0.5, 0.6) is 0 Å². The fraction of sp³-hybridized carbons (Fsp3) is 0.200. The first-order valence-electron chi connectivity index (χ1n) is 6.18. The van der Waals surface area contributed by atoms with Crippen molar-refractivity contribution in [3.05, 3.63) is 41.9 Å². The summed E-state index contributed by atoms with van der Waals surface area (Å²) in [6.45, 7) is 2.05. The number of hydrogen-bond acceptors (Lipinski definition) is 3. The Morgan fingerprint density at radius 2 is 2.21 bits per heavy atom. The SMILES string of the molecule is CCc1occc1-c1nc2ccc(C#N)cc2n1C. The van der Waals surface area contributed by atoms with E-state index in [0.717, 1.165) is 34.6 Å². The summed E-state index contributed by atoms with van der Waals surface area (Å²) in [5.41, 5.74) is 3.50. The molecule has 0 spiro atoms. The molecule has 0 atom stereocenters. The van der Waals surface area contributed by atoms with Gasteiger partial charge in [-0.25, -0.2) is 4.98 Å². The van der Waals surface area contributed by atoms with Gasteiger partial charge >= 0.3 is 0 Å². The van der Waals surface area contributed by atoms with Gasteiger partial charge in [0.15, 0.2) is 0 Å². The molecule has 94 valence electrons. The molecule has 0 bridgehead atoms. The van der Waals surface area contributed by atoms with Crippen molar-refractivity contribution in [2.45, 2.75) is 13.3 Å². The largest absolute Gasteiger partial charge is 0.469 e. The standard InChI is InChI=1S/C15H13N3O/c1-3-14-11(6-7-19-14)15-17-12-5-4-10(9-16)8-13(12)18(15)2/h4-8H,3H2,1-2H3. The number of fused-ring (bicyclic) bond motifs is 1. The van der Waals surface area contributed by atoms with Crippen LogP contribution >= 0.6 is 0 Å². The van der Waals surface area contributed by atoms with Crippen LogP contribution in [0.1, 0.15) is 18.2 Å². The maximum absolute atomic E-state index is 8.97. The molecule has 3 rings (SSSR count). The van der Waals surface area contributed by atoms with Crippen LogP contribution in [0.3, 0.4) is 0 Å². The Kier molecular flexibility index (Phi) is 2.60. The molecule has 0 radical (unpaired) electrons. The third-order valence-corrected chi connectivity index (χ3v) is 3.32. The molecule has 0 aliphatic carbocycles. The zero-order valence-corrected chi connectivity index (χ0v) is 10.8. The lowest BCUT2D eigenvalue weighted by Crippen LogP contribution is -1.93. The molecule has 0 unspecified atom stereocenters. The summed E-state index contributed by atoms with van der Waals surface area (Å²) in [5.74, 6) is 1.80. The Morgan fingerprint density at radius 1 is 1.37 bits per heavy atom. The topological polar surface area (TPSA) is 54.8 Å². The second-order valence-corrected chi connectivity index (χ2v) is 4.42. The molecular formula is C15H13N3O. The minimum Gasteiger partial charge on any atom is -0.469 e. The lowest BCUT2D eigenvalue weighted by atomic mass is 10.2. The minimum absolute atomic E-state index is 0.643. The van der Waals surface area contributed by atoms with Crippen molar-refractivity contribution < 1.29 is 4.42 Å². The molecule has 4 nitrogen and oxygen atoms in total. The molecule has 0 amide bonds. The Bertz CT molecular complexity index is 789. The molecular weight excluding hydrogens is 238 g/mol. The Labute approximate surface area is 110 Å². The maximum atomic E-state index is 8.97. The third kappa shape index (κ3) is 1.71. The van der Waals surface area contributed by atoms with Crippen molar-refractivity contribution in [1.29, 1.82) is 5.26 Å². The van der Waals surface area contributed by atoms with Crippen molar-refractivity contribution in [1.82, 2.24) is 9.55 Å². The second-order valence-electron chi connectivity index (χ2n) is 4.42. The Hall–Kier alpha value is -2.54. The average Bonchev–Trinajstić information content (AvgIpc) is 3.03. The van der Waals surface area contributed by atoms with Crippen LogP contribution in [0.4, 0.5) is 0 Å². The van der Waals surface area contributed by atoms with Crippen LogP contribution in [-0.4, -0.2) is 9.55 Å². The summed E-state index contributed by atoms with van der Waals surface area (Å²) in [5, 5.41) is 8.97. The summed E-state index contributed by atoms with van der Waals surface area (Å²) in [6, 6.07) is 9.61. The van der Waals surface area contributed by atoms with Gasteiger partial charge in [-0.3, -0.25) is 0 Å². The van der Waals surface area contributed by atoms with E-state index < -0.39 is 0 Å². The first-order valence-corrected chi connectivity index (χ1v) is 6.18. The molecule has 19 heavy (non-hydrogen) atoms. The number of hydrogen-bond donors (Lipinski definition) is 0. The molecule has 0 fully saturated rings. The summed E-state index contributed by atoms with van der Waals surface area (Å²) in [7, 11) is 1.96. The van der Waals surface area contributed by atoms with E-state index in [-0.39, 0.29) is 0 Å². The molecule has 3 aromatic rings. The van der Waals surface area contributed by atoms with Gasteiger partial charge in [-0.05, 0) is 24.3 Å². The minimum atomic E-state index is 0.643. The highest BCUT2D eigenvalue weighted by atomic mass is 16.3. The molecule has 0 N–H and O–H groups in total. The molecule has 2 heterocycles. The Morgan fingerprint density at radius 3 is 2.95 bits per heavy atom. The van der Waals surface area contributed by atoms with Gasteiger partial charge in [-0.1, -0.05) is 6.92 Å². The normalized spacial score (nSPS) is 10.8. The van der Waals surface area contributed by atoms with Crippen LogP contribution in [-0.2, 0) is 13.5 Å². The van der Waals surface area contributed by atoms with E-state index in [0.29, 0.717) is 5.56 Å². The first kappa shape index (κ1) is 11.5. The van der Waals surface area contributed by atoms with Crippen LogP contribution in [0.15, 0.2) is 34.9 Å². The number of rotatable bonds is 2. The van der Waals surface area contributed by atoms with E-state index in [1.54, 1.807) is 12.3 Å². The van der Waals surface area contributed by atoms with Crippen molar-refractivity contribution in [3.8, 4) is 17.5 Å². The second kappa shape index (κ2) is 4.29. The lowest BCUT2D eigenvalue weighted by Gasteiger charge is -2.01. The van der Waals surface area contributed by atoms with E-state index in [1.165, 1.54) is 0 Å². The highest BCUT2D eigenvalue weighted by Crippen LogP contribution is 2.28. The predicted octanol–water partition coefficient (Wildman–Crippen LogP) is 3.27. The number of nitrogens with zero attached hydrogens (tertiary/aromatic N) is 3. The number of aromatic nitrogens is 2. The summed E-state index contributed by atoms with van der Waals surface area (Å²) in [4.78, 5) is 4.63. The van der Waals surface area contributed by atoms with Crippen molar-refractivity contribution in [2.75, 3.05) is 0 Å². The van der Waals surface area contributed by atoms with Gasteiger partial charge in [0.2, 0.25) is 0 Å². The predicted molar refractivity (Wildman–Crippen MR) is 72.5 cm³/mol. The monoisotopic (exact) mass is 251 g/mol. The summed E-state index contributed by atoms with van der Waals surface area (Å²) in [6.07, 6.45) is 2.52. The lowest BCUT2D eigenvalue weighted by molar-refractivity contribution is 0.517. The van der Waals surface area contributed by atoms with Gasteiger partial charge in [-0.2, -0.15) is 5.26 Å². The van der Waals surface area contributed by atoms with Crippen LogP contribution in [0, 0.1) is 11.3 Å². The third-order valence-electron chi connectivity index (χ3n) is 3.32. The van der Waals surface area contributed by atoms with Crippen molar-refractivity contribution >= 4 is 11.0 Å². The summed E-state index contributed by atoms with van der Waals surface area (Å²) >= 11 is 0. The zero-order chi connectivity index (χ0) is 13.4. The van der Waals surface area contributed by atoms with Crippen LogP contribution < -0.4 is 0 Å². The number of nitriles is 1. The van der Waals surface area contributed by atoms with Gasteiger partial charge in [0.05, 0.1) is 34.5 Å². The zero-order valence-electron chi connectivity index (χ0n) is 10.8. The summed E-state index contributed by atoms with van der Waals surface area (Å²) < 4.78 is 7.46. The molecule has 0 aliphatic heterocycles. The van der Waals surface area contributed by atoms with Crippen molar-refractivity contribution in [2.24, 2.45) is 7.05 Å². The molecule has 4 heteroatoms. The Balaban J connectivity index is 2.26. The highest BCUT2D eigenvalue weighted by Gasteiger charge is 2.15. The molecule has 0 saturated heterocycles. The van der Waals surface area contributed by atoms with E-state index in [4.69, 9.17) is 9.68 Å². The fourth-order valence-corrected chi connectivity index (χ4v) is 2.31. The van der Waals surface area contributed by atoms with E-state index in [1.807, 2.05) is 29.8 Å². The number of imidazole rings is 1. The van der Waals surface area contributed by atoms with E-state index in [9.17, 15) is 0 Å². The maximum Gasteiger partial charge on any atom is 0.144 e. The van der Waals surface area contributed by atoms with E-state index >= 15 is 0 Å². The van der Waals surface area contributed by atoms with Gasteiger partial charge in [-0.15, -0.1) is 0 Å². The highest BCUT2D eigenvalue weighted by molar-refractivity contribution is 5.82. The fourth-order valence-electron chi connectivity index (χ4n) is 2.31. The van der Waals surface area contributed by atoms with Gasteiger partial charge in [0, 0.05) is 13.5 Å². The average molecular weight is 251 g/mol. The van der Waals surface area contributed by atoms with Gasteiger partial charge in [0.25, 0.3) is 0 Å². The number of benzene rings is 1. The van der Waals surface area contributed by atoms with Gasteiger partial charge < -0.3 is 8.98 Å². The molecule has 0 aliphatic rings. The number of furan rings is 1. The number of aryl methyl sites for hydroxylation is 2. The van der Waals surface area contributed by atoms with Crippen LogP contribution in [0.2, 0.25) is 0 Å². The quantitative estimate of drug-likeness (QED) is 0.702. The molecule has 0 saturated carbocycles. The molecule has 2 aromatic heterocycles. The smallest absolute Gasteiger partial charge is 0.144 e. The van der Waals surface area contributed by atoms with E-state index in [2.05, 4.69) is 18.0 Å².